The van der Waals surface area contributed by atoms with Gasteiger partial charge in [0.2, 0.25) is 0 Å². The van der Waals surface area contributed by atoms with Gasteiger partial charge in [-0.2, -0.15) is 0 Å². The maximum absolute atomic E-state index is 5.69. The van der Waals surface area contributed by atoms with E-state index in [1.165, 1.54) is 0 Å². The van der Waals surface area contributed by atoms with Crippen molar-refractivity contribution in [1.82, 2.24) is 15.0 Å². The summed E-state index contributed by atoms with van der Waals surface area (Å²) in [6.45, 7) is 25.7. The molecule has 0 amide bonds. The van der Waals surface area contributed by atoms with Crippen LogP contribution in [0.4, 0.5) is 0 Å². The number of aliphatic imine (C=N–C) groups is 2. The van der Waals surface area contributed by atoms with Gasteiger partial charge in [-0.3, -0.25) is 0 Å². The molecule has 38 heavy (non-hydrogen) atoms. The molecule has 1 heterocycles. The molecule has 0 bridgehead atoms. The quantitative estimate of drug-likeness (QED) is 0.125. The van der Waals surface area contributed by atoms with Crippen LogP contribution >= 0.6 is 0 Å². The fourth-order valence-corrected chi connectivity index (χ4v) is 3.02. The summed E-state index contributed by atoms with van der Waals surface area (Å²) >= 11 is 0. The SMILES string of the molecule is C#C/C(=C\C)c1nc(C(=C)/C=C\C=C/CC)nc(C(=C)/C=C(C)/C(/C=C\C(=C)C(N=C)=N/C=C\C)=C/C)n1. The number of rotatable bonds is 12. The van der Waals surface area contributed by atoms with Crippen LogP contribution in [-0.2, 0) is 0 Å². The third-order valence-corrected chi connectivity index (χ3v) is 5.08. The van der Waals surface area contributed by atoms with E-state index < -0.39 is 0 Å². The van der Waals surface area contributed by atoms with Gasteiger partial charge in [-0.15, -0.1) is 6.42 Å². The second kappa shape index (κ2) is 16.9. The Morgan fingerprint density at radius 1 is 0.921 bits per heavy atom. The Labute approximate surface area is 228 Å². The van der Waals surface area contributed by atoms with Crippen molar-refractivity contribution in [2.75, 3.05) is 0 Å². The molecule has 1 rings (SSSR count). The number of allylic oxidation sites excluding steroid dienone is 14. The summed E-state index contributed by atoms with van der Waals surface area (Å²) in [7, 11) is 0. The summed E-state index contributed by atoms with van der Waals surface area (Å²) in [6, 6.07) is 0. The summed E-state index contributed by atoms with van der Waals surface area (Å²) in [6.07, 6.45) is 27.3. The third kappa shape index (κ3) is 9.75. The van der Waals surface area contributed by atoms with Gasteiger partial charge >= 0.3 is 0 Å². The molecule has 5 heteroatoms. The first-order valence-corrected chi connectivity index (χ1v) is 12.2. The second-order valence-corrected chi connectivity index (χ2v) is 7.92. The average Bonchev–Trinajstić information content (AvgIpc) is 2.92. The first-order chi connectivity index (χ1) is 18.3. The normalized spacial score (nSPS) is 13.6. The standard InChI is InChI=1S/C33H37N5/c1-11-16-17-18-19-24(6)31-36-32(38-33(37-31)28(13-3)14-4)27(9)23-26(8)29(15-5)21-20-25(7)30(34-10)35-22-12-2/h3,12,14-23H,6-7,9-11H2,1-2,4-5,8H3/b17-16-,19-18-,21-20-,22-12-,26-23+,28-14+,29-15+,35-30?. The van der Waals surface area contributed by atoms with Crippen LogP contribution in [0, 0.1) is 12.3 Å². The zero-order valence-electron chi connectivity index (χ0n) is 23.2. The molecule has 0 spiro atoms. The van der Waals surface area contributed by atoms with Gasteiger partial charge in [-0.25, -0.2) is 24.9 Å². The maximum Gasteiger partial charge on any atom is 0.172 e. The van der Waals surface area contributed by atoms with E-state index in [0.717, 1.165) is 17.6 Å². The van der Waals surface area contributed by atoms with Crippen LogP contribution in [0.5, 0.6) is 0 Å². The Kier molecular flexibility index (Phi) is 13.9. The number of hydrogen-bond acceptors (Lipinski definition) is 4. The van der Waals surface area contributed by atoms with Crippen molar-refractivity contribution in [3.05, 3.63) is 121 Å². The third-order valence-electron chi connectivity index (χ3n) is 5.08. The molecule has 1 aromatic heterocycles. The molecular formula is C33H37N5. The molecule has 0 aromatic carbocycles. The van der Waals surface area contributed by atoms with Crippen molar-refractivity contribution in [1.29, 1.82) is 0 Å². The van der Waals surface area contributed by atoms with Crippen molar-refractivity contribution >= 4 is 29.3 Å². The maximum atomic E-state index is 5.69. The zero-order valence-corrected chi connectivity index (χ0v) is 23.2. The topological polar surface area (TPSA) is 63.4 Å². The fraction of sp³-hybridized carbons (Fsp3) is 0.182. The van der Waals surface area contributed by atoms with E-state index in [-0.39, 0.29) is 0 Å². The first-order valence-electron chi connectivity index (χ1n) is 12.2. The highest BCUT2D eigenvalue weighted by Gasteiger charge is 2.12. The lowest BCUT2D eigenvalue weighted by Crippen LogP contribution is -2.06. The Balaban J connectivity index is 3.41. The Morgan fingerprint density at radius 3 is 2.13 bits per heavy atom. The molecule has 1 aromatic rings. The van der Waals surface area contributed by atoms with Crippen LogP contribution in [0.1, 0.15) is 58.5 Å². The average molecular weight is 504 g/mol. The summed E-state index contributed by atoms with van der Waals surface area (Å²) in [5.74, 6) is 4.33. The predicted molar refractivity (Wildman–Crippen MR) is 167 cm³/mol. The lowest BCUT2D eigenvalue weighted by Gasteiger charge is -2.09. The molecule has 0 aliphatic carbocycles. The highest BCUT2D eigenvalue weighted by atomic mass is 15.0. The second-order valence-electron chi connectivity index (χ2n) is 7.92. The van der Waals surface area contributed by atoms with E-state index in [1.807, 2.05) is 82.4 Å². The highest BCUT2D eigenvalue weighted by molar-refractivity contribution is 6.03. The summed E-state index contributed by atoms with van der Waals surface area (Å²) < 4.78 is 0. The zero-order chi connectivity index (χ0) is 28.5. The summed E-state index contributed by atoms with van der Waals surface area (Å²) in [5.41, 5.74) is 4.37. The number of hydrogen-bond donors (Lipinski definition) is 0. The van der Waals surface area contributed by atoms with E-state index in [0.29, 0.717) is 45.6 Å². The van der Waals surface area contributed by atoms with E-state index in [2.05, 4.69) is 64.2 Å². The summed E-state index contributed by atoms with van der Waals surface area (Å²) in [4.78, 5) is 21.9. The first kappa shape index (κ1) is 31.3. The summed E-state index contributed by atoms with van der Waals surface area (Å²) in [5, 5.41) is 0. The van der Waals surface area contributed by atoms with Gasteiger partial charge in [-0.05, 0) is 58.1 Å². The number of terminal acetylenes is 1. The minimum Gasteiger partial charge on any atom is -0.245 e. The van der Waals surface area contributed by atoms with Gasteiger partial charge in [0.15, 0.2) is 23.3 Å². The Bertz CT molecular complexity index is 1350. The Morgan fingerprint density at radius 2 is 1.58 bits per heavy atom. The molecule has 0 saturated carbocycles. The lowest BCUT2D eigenvalue weighted by molar-refractivity contribution is 0.973. The minimum atomic E-state index is 0.396. The van der Waals surface area contributed by atoms with Crippen LogP contribution in [-0.4, -0.2) is 27.5 Å². The van der Waals surface area contributed by atoms with Crippen molar-refractivity contribution < 1.29 is 0 Å². The molecule has 5 nitrogen and oxygen atoms in total. The van der Waals surface area contributed by atoms with Gasteiger partial charge in [0.25, 0.3) is 0 Å². The van der Waals surface area contributed by atoms with Crippen LogP contribution in [0.15, 0.2) is 113 Å². The van der Waals surface area contributed by atoms with Crippen LogP contribution in [0.25, 0.3) is 16.7 Å². The molecule has 0 aliphatic rings. The van der Waals surface area contributed by atoms with Gasteiger partial charge < -0.3 is 0 Å². The van der Waals surface area contributed by atoms with Crippen LogP contribution < -0.4 is 0 Å². The van der Waals surface area contributed by atoms with Crippen molar-refractivity contribution in [3.8, 4) is 12.3 Å². The van der Waals surface area contributed by atoms with E-state index in [1.54, 1.807) is 12.3 Å². The number of aromatic nitrogens is 3. The molecule has 0 unspecified atom stereocenters. The van der Waals surface area contributed by atoms with Crippen molar-refractivity contribution in [3.63, 3.8) is 0 Å². The predicted octanol–water partition coefficient (Wildman–Crippen LogP) is 8.09. The molecule has 0 radical (unpaired) electrons. The van der Waals surface area contributed by atoms with E-state index >= 15 is 0 Å². The van der Waals surface area contributed by atoms with Gasteiger partial charge in [0.05, 0.1) is 5.57 Å². The van der Waals surface area contributed by atoms with Crippen molar-refractivity contribution in [2.45, 2.75) is 41.0 Å². The molecule has 0 fully saturated rings. The van der Waals surface area contributed by atoms with Gasteiger partial charge in [0.1, 0.15) is 0 Å². The van der Waals surface area contributed by atoms with E-state index in [9.17, 15) is 0 Å². The highest BCUT2D eigenvalue weighted by Crippen LogP contribution is 2.21. The molecule has 0 N–H and O–H groups in total. The molecular weight excluding hydrogens is 466 g/mol. The minimum absolute atomic E-state index is 0.396. The smallest absolute Gasteiger partial charge is 0.172 e. The van der Waals surface area contributed by atoms with E-state index in [4.69, 9.17) is 6.42 Å². The van der Waals surface area contributed by atoms with Gasteiger partial charge in [-0.1, -0.05) is 87.3 Å². The molecule has 0 saturated heterocycles. The lowest BCUT2D eigenvalue weighted by atomic mass is 10.0. The Hall–Kier alpha value is -4.69. The molecule has 0 atom stereocenters. The largest absolute Gasteiger partial charge is 0.245 e. The number of amidine groups is 1. The molecule has 194 valence electrons. The van der Waals surface area contributed by atoms with Crippen LogP contribution in [0.3, 0.4) is 0 Å². The number of nitrogens with zero attached hydrogens (tertiary/aromatic N) is 5. The van der Waals surface area contributed by atoms with Crippen molar-refractivity contribution in [2.24, 2.45) is 9.98 Å². The monoisotopic (exact) mass is 503 g/mol. The van der Waals surface area contributed by atoms with Crippen LogP contribution in [0.2, 0.25) is 0 Å². The fourth-order valence-electron chi connectivity index (χ4n) is 3.02. The molecule has 0 aliphatic heterocycles. The van der Waals surface area contributed by atoms with Gasteiger partial charge in [0, 0.05) is 22.9 Å².